The third-order valence-corrected chi connectivity index (χ3v) is 4.87. The lowest BCUT2D eigenvalue weighted by molar-refractivity contribution is -0.121. The Morgan fingerprint density at radius 2 is 1.60 bits per heavy atom. The van der Waals surface area contributed by atoms with Crippen molar-refractivity contribution in [3.05, 3.63) is 58.6 Å². The van der Waals surface area contributed by atoms with Gasteiger partial charge in [-0.1, -0.05) is 22.9 Å². The number of carbonyl (C=O) groups excluding carboxylic acids is 2. The molecule has 6 nitrogen and oxygen atoms in total. The summed E-state index contributed by atoms with van der Waals surface area (Å²) in [6.45, 7) is 3.93. The number of aryl methyl sites for hydroxylation is 2. The molecule has 1 fully saturated rings. The van der Waals surface area contributed by atoms with E-state index in [1.54, 1.807) is 30.3 Å². The zero-order valence-electron chi connectivity index (χ0n) is 13.7. The number of hydrogen-bond donors (Lipinski definition) is 0. The first kappa shape index (κ1) is 15.8. The highest BCUT2D eigenvalue weighted by atomic mass is 35.5. The van der Waals surface area contributed by atoms with Gasteiger partial charge in [-0.25, -0.2) is 9.91 Å². The molecule has 4 rings (SSSR count). The largest absolute Gasteiger partial charge is 0.271 e. The third-order valence-electron chi connectivity index (χ3n) is 4.62. The summed E-state index contributed by atoms with van der Waals surface area (Å²) in [5.74, 6) is -0.670. The molecule has 0 unspecified atom stereocenters. The quantitative estimate of drug-likeness (QED) is 0.776. The van der Waals surface area contributed by atoms with Gasteiger partial charge in [0.25, 0.3) is 11.8 Å². The fraction of sp³-hybridized carbons (Fsp3) is 0.222. The molecule has 7 heteroatoms. The molecule has 2 atom stereocenters. The number of imide groups is 1. The molecule has 2 aliphatic heterocycles. The van der Waals surface area contributed by atoms with Crippen LogP contribution >= 0.6 is 11.6 Å². The monoisotopic (exact) mass is 354 g/mol. The van der Waals surface area contributed by atoms with E-state index in [1.807, 2.05) is 26.0 Å². The first-order valence-electron chi connectivity index (χ1n) is 7.88. The number of nitrogens with zero attached hydrogens (tertiary/aromatic N) is 4. The summed E-state index contributed by atoms with van der Waals surface area (Å²) in [6.07, 6.45) is 0. The van der Waals surface area contributed by atoms with Crippen molar-refractivity contribution < 1.29 is 9.59 Å². The Morgan fingerprint density at radius 3 is 2.28 bits per heavy atom. The fourth-order valence-corrected chi connectivity index (χ4v) is 3.21. The number of fused-ring (bicyclic) bond motifs is 1. The molecule has 0 N–H and O–H groups in total. The molecule has 0 radical (unpaired) electrons. The highest BCUT2D eigenvalue weighted by Gasteiger charge is 2.55. The van der Waals surface area contributed by atoms with E-state index >= 15 is 0 Å². The Kier molecular flexibility index (Phi) is 3.58. The van der Waals surface area contributed by atoms with Gasteiger partial charge in [-0.05, 0) is 61.4 Å². The topological polar surface area (TPSA) is 65.3 Å². The summed E-state index contributed by atoms with van der Waals surface area (Å²) in [4.78, 5) is 26.9. The molecule has 0 saturated carbocycles. The molecule has 0 aliphatic carbocycles. The maximum Gasteiger partial charge on any atom is 0.263 e. The number of hydrogen-bond acceptors (Lipinski definition) is 5. The normalized spacial score (nSPS) is 22.0. The summed E-state index contributed by atoms with van der Waals surface area (Å²) >= 11 is 5.91. The molecule has 2 heterocycles. The SMILES string of the molecule is Cc1ccc(N2C(=O)[C@H]3N=NN(c4ccc(Cl)cc4)[C@H]3C2=O)cc1C. The van der Waals surface area contributed by atoms with Crippen LogP contribution in [0.4, 0.5) is 11.4 Å². The molecule has 0 spiro atoms. The molecule has 0 bridgehead atoms. The predicted molar refractivity (Wildman–Crippen MR) is 94.8 cm³/mol. The molecule has 2 aliphatic rings. The maximum atomic E-state index is 13.0. The number of halogens is 1. The average molecular weight is 355 g/mol. The van der Waals surface area contributed by atoms with Gasteiger partial charge in [-0.2, -0.15) is 5.11 Å². The Hall–Kier alpha value is -2.73. The van der Waals surface area contributed by atoms with Crippen LogP contribution in [0.2, 0.25) is 5.02 Å². The van der Waals surface area contributed by atoms with Gasteiger partial charge in [0.15, 0.2) is 12.1 Å². The van der Waals surface area contributed by atoms with Crippen molar-refractivity contribution in [2.24, 2.45) is 10.3 Å². The molecule has 0 aromatic heterocycles. The van der Waals surface area contributed by atoms with Crippen molar-refractivity contribution in [3.8, 4) is 0 Å². The number of carbonyl (C=O) groups is 2. The lowest BCUT2D eigenvalue weighted by atomic mass is 10.1. The summed E-state index contributed by atoms with van der Waals surface area (Å²) in [6, 6.07) is 10.9. The zero-order chi connectivity index (χ0) is 17.7. The van der Waals surface area contributed by atoms with Crippen LogP contribution in [0.3, 0.4) is 0 Å². The van der Waals surface area contributed by atoms with Crippen molar-refractivity contribution in [1.29, 1.82) is 0 Å². The van der Waals surface area contributed by atoms with Gasteiger partial charge in [-0.3, -0.25) is 9.59 Å². The summed E-state index contributed by atoms with van der Waals surface area (Å²) in [5.41, 5.74) is 3.36. The smallest absolute Gasteiger partial charge is 0.263 e. The van der Waals surface area contributed by atoms with Crippen LogP contribution in [0, 0.1) is 13.8 Å². The van der Waals surface area contributed by atoms with Crippen LogP contribution in [0.5, 0.6) is 0 Å². The lowest BCUT2D eigenvalue weighted by Gasteiger charge is -2.21. The van der Waals surface area contributed by atoms with E-state index in [0.717, 1.165) is 11.1 Å². The summed E-state index contributed by atoms with van der Waals surface area (Å²) < 4.78 is 0. The Labute approximate surface area is 149 Å². The van der Waals surface area contributed by atoms with Gasteiger partial charge in [0.05, 0.1) is 11.4 Å². The zero-order valence-corrected chi connectivity index (χ0v) is 14.4. The Morgan fingerprint density at radius 1 is 0.920 bits per heavy atom. The van der Waals surface area contributed by atoms with Crippen LogP contribution in [-0.4, -0.2) is 23.9 Å². The van der Waals surface area contributed by atoms with Crippen molar-refractivity contribution >= 4 is 34.8 Å². The number of amides is 2. The van der Waals surface area contributed by atoms with Gasteiger partial charge in [0.2, 0.25) is 0 Å². The minimum atomic E-state index is -0.815. The molecular formula is C18H15ClN4O2. The molecule has 25 heavy (non-hydrogen) atoms. The van der Waals surface area contributed by atoms with E-state index in [4.69, 9.17) is 11.6 Å². The molecule has 2 amide bonds. The van der Waals surface area contributed by atoms with E-state index in [2.05, 4.69) is 10.3 Å². The van der Waals surface area contributed by atoms with Gasteiger partial charge in [0, 0.05) is 5.02 Å². The van der Waals surface area contributed by atoms with Crippen molar-refractivity contribution in [2.45, 2.75) is 25.9 Å². The van der Waals surface area contributed by atoms with Gasteiger partial charge < -0.3 is 0 Å². The second-order valence-corrected chi connectivity index (χ2v) is 6.63. The number of benzene rings is 2. The van der Waals surface area contributed by atoms with Crippen LogP contribution in [0.15, 0.2) is 52.8 Å². The van der Waals surface area contributed by atoms with E-state index in [0.29, 0.717) is 16.4 Å². The molecule has 2 aromatic rings. The number of rotatable bonds is 2. The first-order valence-corrected chi connectivity index (χ1v) is 8.26. The lowest BCUT2D eigenvalue weighted by Crippen LogP contribution is -2.39. The van der Waals surface area contributed by atoms with Gasteiger partial charge in [-0.15, -0.1) is 0 Å². The summed E-state index contributed by atoms with van der Waals surface area (Å²) in [5, 5.41) is 10.1. The van der Waals surface area contributed by atoms with E-state index in [1.165, 1.54) is 9.91 Å². The second-order valence-electron chi connectivity index (χ2n) is 6.20. The number of anilines is 2. The summed E-state index contributed by atoms with van der Waals surface area (Å²) in [7, 11) is 0. The average Bonchev–Trinajstić information content (AvgIpc) is 3.12. The predicted octanol–water partition coefficient (Wildman–Crippen LogP) is 3.45. The third kappa shape index (κ3) is 2.41. The maximum absolute atomic E-state index is 13.0. The second kappa shape index (κ2) is 5.67. The highest BCUT2D eigenvalue weighted by Crippen LogP contribution is 2.35. The van der Waals surface area contributed by atoms with E-state index in [9.17, 15) is 9.59 Å². The van der Waals surface area contributed by atoms with Gasteiger partial charge >= 0.3 is 0 Å². The Balaban J connectivity index is 1.70. The van der Waals surface area contributed by atoms with Crippen molar-refractivity contribution in [3.63, 3.8) is 0 Å². The van der Waals surface area contributed by atoms with Crippen LogP contribution in [0.25, 0.3) is 0 Å². The molecule has 126 valence electrons. The molecular weight excluding hydrogens is 340 g/mol. The molecule has 1 saturated heterocycles. The molecule has 2 aromatic carbocycles. The van der Waals surface area contributed by atoms with Crippen LogP contribution in [0.1, 0.15) is 11.1 Å². The van der Waals surface area contributed by atoms with Crippen molar-refractivity contribution in [1.82, 2.24) is 0 Å². The highest BCUT2D eigenvalue weighted by molar-refractivity contribution is 6.30. The standard InChI is InChI=1S/C18H15ClN4O2/c1-10-3-6-14(9-11(10)2)22-17(24)15-16(18(22)25)23(21-20-15)13-7-4-12(19)5-8-13/h3-9,15-16H,1-2H3/t15-,16+/m0/s1. The van der Waals surface area contributed by atoms with Crippen molar-refractivity contribution in [2.75, 3.05) is 9.91 Å². The van der Waals surface area contributed by atoms with Crippen LogP contribution < -0.4 is 9.91 Å². The Bertz CT molecular complexity index is 910. The van der Waals surface area contributed by atoms with E-state index < -0.39 is 12.1 Å². The van der Waals surface area contributed by atoms with Gasteiger partial charge in [0.1, 0.15) is 0 Å². The minimum Gasteiger partial charge on any atom is -0.271 e. The van der Waals surface area contributed by atoms with E-state index in [-0.39, 0.29) is 11.8 Å². The first-order chi connectivity index (χ1) is 12.0. The fourth-order valence-electron chi connectivity index (χ4n) is 3.09. The van der Waals surface area contributed by atoms with Crippen LogP contribution in [-0.2, 0) is 9.59 Å². The minimum absolute atomic E-state index is 0.321.